The molecular weight excluding hydrogens is 310 g/mol. The first kappa shape index (κ1) is 18.4. The number of hydrogen-bond acceptors (Lipinski definition) is 3. The average Bonchev–Trinajstić information content (AvgIpc) is 3.07. The van der Waals surface area contributed by atoms with E-state index in [1.54, 1.807) is 0 Å². The summed E-state index contributed by atoms with van der Waals surface area (Å²) in [5.41, 5.74) is 7.40. The van der Waals surface area contributed by atoms with Gasteiger partial charge in [0, 0.05) is 37.6 Å². The van der Waals surface area contributed by atoms with Crippen LogP contribution in [0.25, 0.3) is 0 Å². The van der Waals surface area contributed by atoms with E-state index in [0.717, 1.165) is 58.3 Å². The molecule has 2 aliphatic rings. The molecule has 4 heteroatoms. The molecule has 0 bridgehead atoms. The maximum absolute atomic E-state index is 13.1. The van der Waals surface area contributed by atoms with Crippen molar-refractivity contribution in [1.29, 1.82) is 0 Å². The van der Waals surface area contributed by atoms with Crippen molar-refractivity contribution < 1.29 is 4.79 Å². The van der Waals surface area contributed by atoms with Gasteiger partial charge in [-0.05, 0) is 50.6 Å². The Bertz CT molecular complexity index is 547. The van der Waals surface area contributed by atoms with E-state index in [-0.39, 0.29) is 12.0 Å². The van der Waals surface area contributed by atoms with Crippen LogP contribution in [0.15, 0.2) is 30.3 Å². The van der Waals surface area contributed by atoms with Gasteiger partial charge >= 0.3 is 0 Å². The van der Waals surface area contributed by atoms with Gasteiger partial charge in [0.1, 0.15) is 0 Å². The van der Waals surface area contributed by atoms with E-state index in [2.05, 4.69) is 47.1 Å². The summed E-state index contributed by atoms with van der Waals surface area (Å²) in [5.74, 6) is 0.521. The van der Waals surface area contributed by atoms with E-state index < -0.39 is 0 Å². The van der Waals surface area contributed by atoms with E-state index in [1.165, 1.54) is 12.0 Å². The van der Waals surface area contributed by atoms with Crippen molar-refractivity contribution in [2.24, 2.45) is 11.7 Å². The molecule has 1 saturated heterocycles. The van der Waals surface area contributed by atoms with Crippen molar-refractivity contribution in [3.63, 3.8) is 0 Å². The third kappa shape index (κ3) is 4.83. The largest absolute Gasteiger partial charge is 0.338 e. The molecule has 1 saturated carbocycles. The van der Waals surface area contributed by atoms with Crippen LogP contribution in [0, 0.1) is 5.92 Å². The zero-order chi connectivity index (χ0) is 17.6. The van der Waals surface area contributed by atoms with Crippen molar-refractivity contribution in [1.82, 2.24) is 9.80 Å². The molecule has 1 amide bonds. The number of carbonyl (C=O) groups is 1. The first-order valence-electron chi connectivity index (χ1n) is 9.99. The predicted molar refractivity (Wildman–Crippen MR) is 102 cm³/mol. The van der Waals surface area contributed by atoms with Gasteiger partial charge in [-0.15, -0.1) is 0 Å². The summed E-state index contributed by atoms with van der Waals surface area (Å²) in [7, 11) is 0. The molecule has 1 aliphatic carbocycles. The third-order valence-electron chi connectivity index (χ3n) is 5.74. The Morgan fingerprint density at radius 3 is 2.72 bits per heavy atom. The molecule has 0 aromatic heterocycles. The van der Waals surface area contributed by atoms with Crippen molar-refractivity contribution in [2.45, 2.75) is 64.1 Å². The van der Waals surface area contributed by atoms with Crippen LogP contribution in [0.4, 0.5) is 0 Å². The Hall–Kier alpha value is -1.39. The summed E-state index contributed by atoms with van der Waals surface area (Å²) in [5, 5.41) is 0. The molecular formula is C21H33N3O. The number of hydrogen-bond donors (Lipinski definition) is 1. The summed E-state index contributed by atoms with van der Waals surface area (Å²) in [6.07, 6.45) is 6.19. The third-order valence-corrected chi connectivity index (χ3v) is 5.74. The Morgan fingerprint density at radius 1 is 1.24 bits per heavy atom. The number of nitrogens with zero attached hydrogens (tertiary/aromatic N) is 2. The van der Waals surface area contributed by atoms with Crippen molar-refractivity contribution in [3.8, 4) is 0 Å². The van der Waals surface area contributed by atoms with Gasteiger partial charge < -0.3 is 10.6 Å². The number of piperidine rings is 1. The molecule has 0 spiro atoms. The fraction of sp³-hybridized carbons (Fsp3) is 0.667. The second-order valence-electron chi connectivity index (χ2n) is 7.82. The van der Waals surface area contributed by atoms with Gasteiger partial charge in [-0.3, -0.25) is 9.69 Å². The molecule has 25 heavy (non-hydrogen) atoms. The summed E-state index contributed by atoms with van der Waals surface area (Å²) in [4.78, 5) is 17.8. The molecule has 1 aliphatic heterocycles. The van der Waals surface area contributed by atoms with Gasteiger partial charge in [-0.25, -0.2) is 0 Å². The summed E-state index contributed by atoms with van der Waals surface area (Å²) < 4.78 is 0. The molecule has 1 aromatic rings. The Kier molecular flexibility index (Phi) is 6.49. The smallest absolute Gasteiger partial charge is 0.226 e. The number of rotatable bonds is 6. The standard InChI is InChI=1S/C21H33N3O/c1-2-12-24(21(25)18-10-11-19(22)14-18)20-9-6-13-23(16-20)15-17-7-4-3-5-8-17/h3-5,7-8,18-20H,2,6,9-16,22H2,1H3. The highest BCUT2D eigenvalue weighted by molar-refractivity contribution is 5.79. The fourth-order valence-electron chi connectivity index (χ4n) is 4.46. The van der Waals surface area contributed by atoms with Crippen LogP contribution >= 0.6 is 0 Å². The normalized spacial score (nSPS) is 27.4. The molecule has 138 valence electrons. The number of amides is 1. The molecule has 1 heterocycles. The van der Waals surface area contributed by atoms with E-state index in [1.807, 2.05) is 0 Å². The lowest BCUT2D eigenvalue weighted by Gasteiger charge is -2.40. The van der Waals surface area contributed by atoms with Crippen molar-refractivity contribution in [2.75, 3.05) is 19.6 Å². The molecule has 1 aromatic carbocycles. The lowest BCUT2D eigenvalue weighted by molar-refractivity contribution is -0.139. The van der Waals surface area contributed by atoms with Gasteiger partial charge in [0.2, 0.25) is 5.91 Å². The Labute approximate surface area is 152 Å². The van der Waals surface area contributed by atoms with Crippen LogP contribution in [0.2, 0.25) is 0 Å². The Balaban J connectivity index is 1.63. The van der Waals surface area contributed by atoms with Crippen LogP contribution in [0.3, 0.4) is 0 Å². The average molecular weight is 344 g/mol. The predicted octanol–water partition coefficient (Wildman–Crippen LogP) is 3.02. The van der Waals surface area contributed by atoms with E-state index in [9.17, 15) is 4.79 Å². The lowest BCUT2D eigenvalue weighted by Crippen LogP contribution is -2.51. The number of benzene rings is 1. The molecule has 3 unspecified atom stereocenters. The minimum absolute atomic E-state index is 0.158. The minimum atomic E-state index is 0.158. The maximum atomic E-state index is 13.1. The highest BCUT2D eigenvalue weighted by Gasteiger charge is 2.35. The van der Waals surface area contributed by atoms with E-state index >= 15 is 0 Å². The molecule has 0 radical (unpaired) electrons. The quantitative estimate of drug-likeness (QED) is 0.864. The first-order valence-corrected chi connectivity index (χ1v) is 9.99. The van der Waals surface area contributed by atoms with Crippen molar-refractivity contribution in [3.05, 3.63) is 35.9 Å². The number of likely N-dealkylation sites (tertiary alicyclic amines) is 1. The zero-order valence-electron chi connectivity index (χ0n) is 15.6. The minimum Gasteiger partial charge on any atom is -0.338 e. The second-order valence-corrected chi connectivity index (χ2v) is 7.82. The van der Waals surface area contributed by atoms with Crippen molar-refractivity contribution >= 4 is 5.91 Å². The molecule has 2 fully saturated rings. The van der Waals surface area contributed by atoms with Crippen LogP contribution < -0.4 is 5.73 Å². The Morgan fingerprint density at radius 2 is 2.04 bits per heavy atom. The second kappa shape index (κ2) is 8.81. The number of nitrogens with two attached hydrogens (primary N) is 1. The monoisotopic (exact) mass is 343 g/mol. The highest BCUT2D eigenvalue weighted by atomic mass is 16.2. The van der Waals surface area contributed by atoms with Gasteiger partial charge in [0.25, 0.3) is 0 Å². The highest BCUT2D eigenvalue weighted by Crippen LogP contribution is 2.28. The van der Waals surface area contributed by atoms with Gasteiger partial charge in [-0.2, -0.15) is 0 Å². The van der Waals surface area contributed by atoms with Crippen LogP contribution in [0.5, 0.6) is 0 Å². The summed E-state index contributed by atoms with van der Waals surface area (Å²) >= 11 is 0. The lowest BCUT2D eigenvalue weighted by atomic mass is 9.99. The topological polar surface area (TPSA) is 49.6 Å². The molecule has 2 N–H and O–H groups in total. The van der Waals surface area contributed by atoms with Crippen LogP contribution in [0.1, 0.15) is 51.0 Å². The molecule has 4 nitrogen and oxygen atoms in total. The van der Waals surface area contributed by atoms with E-state index in [4.69, 9.17) is 5.73 Å². The van der Waals surface area contributed by atoms with Crippen LogP contribution in [-0.4, -0.2) is 47.4 Å². The first-order chi connectivity index (χ1) is 12.2. The van der Waals surface area contributed by atoms with Gasteiger partial charge in [-0.1, -0.05) is 37.3 Å². The summed E-state index contributed by atoms with van der Waals surface area (Å²) in [6.45, 7) is 6.17. The fourth-order valence-corrected chi connectivity index (χ4v) is 4.46. The SMILES string of the molecule is CCCN(C(=O)C1CCC(N)C1)C1CCCN(Cc2ccccc2)C1. The summed E-state index contributed by atoms with van der Waals surface area (Å²) in [6, 6.07) is 11.2. The molecule has 3 rings (SSSR count). The zero-order valence-corrected chi connectivity index (χ0v) is 15.6. The number of carbonyl (C=O) groups excluding carboxylic acids is 1. The maximum Gasteiger partial charge on any atom is 0.226 e. The van der Waals surface area contributed by atoms with E-state index in [0.29, 0.717) is 11.9 Å². The van der Waals surface area contributed by atoms with Gasteiger partial charge in [0.15, 0.2) is 0 Å². The van der Waals surface area contributed by atoms with Gasteiger partial charge in [0.05, 0.1) is 0 Å². The molecule has 3 atom stereocenters. The van der Waals surface area contributed by atoms with Crippen LogP contribution in [-0.2, 0) is 11.3 Å².